The maximum Gasteiger partial charge on any atom is 0.143 e. The molecular formula is C46H28N2O. The van der Waals surface area contributed by atoms with Crippen LogP contribution < -0.4 is 0 Å². The van der Waals surface area contributed by atoms with E-state index < -0.39 is 268 Å². The molecule has 0 saturated carbocycles. The maximum atomic E-state index is 9.99. The first-order valence-corrected chi connectivity index (χ1v) is 14.3. The van der Waals surface area contributed by atoms with Gasteiger partial charge >= 0.3 is 0 Å². The van der Waals surface area contributed by atoms with Gasteiger partial charge in [-0.15, -0.1) is 0 Å². The quantitative estimate of drug-likeness (QED) is 0.178. The fraction of sp³-hybridized carbons (Fsp3) is 0. The van der Waals surface area contributed by atoms with Gasteiger partial charge in [0.1, 0.15) is 11.5 Å². The number of pyridine rings is 2. The Kier molecular flexibility index (Phi) is 2.59. The Morgan fingerprint density at radius 1 is 0.408 bits per heavy atom. The predicted octanol–water partition coefficient (Wildman–Crippen LogP) is 12.5. The van der Waals surface area contributed by atoms with E-state index in [1.165, 1.54) is 0 Å². The second-order valence-electron chi connectivity index (χ2n) is 10.4. The zero-order chi connectivity index (χ0) is 56.7. The van der Waals surface area contributed by atoms with Crippen molar-refractivity contribution >= 4 is 54.1 Å². The fourth-order valence-electron chi connectivity index (χ4n) is 5.52. The molecule has 7 aromatic carbocycles. The van der Waals surface area contributed by atoms with Crippen LogP contribution in [0.15, 0.2) is 174 Å². The summed E-state index contributed by atoms with van der Waals surface area (Å²) in [6.07, 6.45) is -0.791. The van der Waals surface area contributed by atoms with Gasteiger partial charge in [-0.2, -0.15) is 0 Å². The fourth-order valence-corrected chi connectivity index (χ4v) is 5.52. The minimum absolute atomic E-state index is 0.464. The average molecular weight is 653 g/mol. The average Bonchev–Trinajstić information content (AvgIpc) is 4.01. The smallest absolute Gasteiger partial charge is 0.143 e. The van der Waals surface area contributed by atoms with Crippen molar-refractivity contribution in [1.82, 2.24) is 9.97 Å². The van der Waals surface area contributed by atoms with E-state index >= 15 is 0 Å². The molecule has 0 bridgehead atoms. The molecule has 0 saturated heterocycles. The van der Waals surface area contributed by atoms with Crippen LogP contribution in [0, 0.1) is 0 Å². The van der Waals surface area contributed by atoms with E-state index in [9.17, 15) is 11.0 Å². The van der Waals surface area contributed by atoms with Gasteiger partial charge in [-0.1, -0.05) is 145 Å². The maximum absolute atomic E-state index is 9.99. The molecule has 0 N–H and O–H groups in total. The van der Waals surface area contributed by atoms with Crippen LogP contribution in [-0.2, 0) is 0 Å². The minimum Gasteiger partial charge on any atom is -0.455 e. The Hall–Kier alpha value is -6.58. The SMILES string of the molecule is [2H]c1nc2c(c([2H])c1[2H])c([2H])c([2H])c1c([2H])c([2H])c(-c3c([2H])c([2H])c(-c4c(-c5c([2H])c([2H])c([2H])c6c([2H])c([2H])c([2H])c([2H])c56)oc(-c5c([2H])c([2H])c([2H])c6c([2H])c([2H])c([2H])c([2H])c56)c4[2H])c4c([2H])c([2H])c([2H])c([2H])c34)nc12. The lowest BCUT2D eigenvalue weighted by Crippen LogP contribution is -1.91. The minimum atomic E-state index is -1.12. The molecule has 0 spiro atoms. The normalized spacial score (nSPS) is 19.7. The van der Waals surface area contributed by atoms with Crippen LogP contribution in [0.25, 0.3) is 99.2 Å². The molecule has 0 aliphatic heterocycles. The Labute approximate surface area is 322 Å². The van der Waals surface area contributed by atoms with Gasteiger partial charge < -0.3 is 4.42 Å². The van der Waals surface area contributed by atoms with Gasteiger partial charge in [-0.3, -0.25) is 4.98 Å². The third-order valence-electron chi connectivity index (χ3n) is 7.69. The van der Waals surface area contributed by atoms with Crippen LogP contribution in [0.1, 0.15) is 38.4 Å². The van der Waals surface area contributed by atoms with Crippen LogP contribution >= 0.6 is 0 Å². The van der Waals surface area contributed by atoms with Gasteiger partial charge in [0.25, 0.3) is 0 Å². The van der Waals surface area contributed by atoms with E-state index in [0.717, 1.165) is 0 Å². The van der Waals surface area contributed by atoms with Gasteiger partial charge in [0.05, 0.1) is 55.1 Å². The molecule has 3 aromatic heterocycles. The topological polar surface area (TPSA) is 38.9 Å². The second-order valence-corrected chi connectivity index (χ2v) is 10.4. The van der Waals surface area contributed by atoms with Crippen molar-refractivity contribution in [3.63, 3.8) is 0 Å². The molecule has 10 aromatic rings. The monoisotopic (exact) mass is 652 g/mol. The van der Waals surface area contributed by atoms with Gasteiger partial charge in [-0.05, 0) is 56.0 Å². The summed E-state index contributed by atoms with van der Waals surface area (Å²) in [4.78, 5) is 8.49. The summed E-state index contributed by atoms with van der Waals surface area (Å²) in [5, 5.41) is -5.23. The Bertz CT molecular complexity index is 4480. The highest BCUT2D eigenvalue weighted by Gasteiger charge is 2.21. The number of nitrogens with zero attached hydrogens (tertiary/aromatic N) is 2. The molecule has 3 heterocycles. The number of benzene rings is 7. The largest absolute Gasteiger partial charge is 0.455 e. The molecule has 3 heteroatoms. The zero-order valence-electron chi connectivity index (χ0n) is 52.3. The lowest BCUT2D eigenvalue weighted by molar-refractivity contribution is 0.599. The summed E-state index contributed by atoms with van der Waals surface area (Å²) in [5.41, 5.74) is -5.92. The summed E-state index contributed by atoms with van der Waals surface area (Å²) in [5.74, 6) is -1.91. The van der Waals surface area contributed by atoms with E-state index in [1.54, 1.807) is 0 Å². The first kappa shape index (κ1) is 11.5. The van der Waals surface area contributed by atoms with Gasteiger partial charge in [0, 0.05) is 39.2 Å². The summed E-state index contributed by atoms with van der Waals surface area (Å²) >= 11 is 0. The van der Waals surface area contributed by atoms with Crippen molar-refractivity contribution in [2.24, 2.45) is 0 Å². The molecule has 0 atom stereocenters. The molecule has 0 aliphatic carbocycles. The standard InChI is InChI=1S/C46H28N2O/c1-3-15-33-29(10-1)12-7-19-39(33)43-28-41(46(49-43)40-20-8-13-30-11-2-4-16-34(30)40)37-24-25-38(36-18-6-5-17-35(36)37)42-26-23-32-22-21-31-14-9-27-47-44(31)45(32)48-42/h1-28H/i1D,2D,3D,4D,5D,6D,7D,8D,9D,10D,11D,12D,13D,14D,15D,16D,17D,18D,19D,20D,21D,22D,23D,24D,25D,26D,27D,28D. The Morgan fingerprint density at radius 2 is 0.980 bits per heavy atom. The second kappa shape index (κ2) is 11.0. The summed E-state index contributed by atoms with van der Waals surface area (Å²) < 4.78 is 257. The first-order valence-electron chi connectivity index (χ1n) is 28.3. The zero-order valence-corrected chi connectivity index (χ0v) is 24.3. The highest BCUT2D eigenvalue weighted by molar-refractivity contribution is 6.10. The van der Waals surface area contributed by atoms with Crippen LogP contribution in [0.5, 0.6) is 0 Å². The first-order chi connectivity index (χ1) is 35.9. The number of furan rings is 1. The summed E-state index contributed by atoms with van der Waals surface area (Å²) in [6.45, 7) is 0. The van der Waals surface area contributed by atoms with E-state index in [1.807, 2.05) is 0 Å². The van der Waals surface area contributed by atoms with E-state index in [2.05, 4.69) is 9.97 Å². The molecule has 0 aliphatic rings. The van der Waals surface area contributed by atoms with Gasteiger partial charge in [-0.25, -0.2) is 4.98 Å². The number of rotatable bonds is 4. The molecule has 3 nitrogen and oxygen atoms in total. The summed E-state index contributed by atoms with van der Waals surface area (Å²) in [7, 11) is 0. The highest BCUT2D eigenvalue weighted by Crippen LogP contribution is 2.45. The van der Waals surface area contributed by atoms with Crippen molar-refractivity contribution in [3.8, 4) is 45.0 Å². The molecular weight excluding hydrogens is 597 g/mol. The summed E-state index contributed by atoms with van der Waals surface area (Å²) in [6, 6.07) is -25.1. The third-order valence-corrected chi connectivity index (χ3v) is 7.69. The van der Waals surface area contributed by atoms with E-state index in [4.69, 9.17) is 31.8 Å². The third kappa shape index (κ3) is 4.44. The Balaban J connectivity index is 1.48. The number of hydrogen-bond acceptors (Lipinski definition) is 3. The molecule has 0 fully saturated rings. The lowest BCUT2D eigenvalue weighted by atomic mass is 9.91. The van der Waals surface area contributed by atoms with Crippen LogP contribution in [0.2, 0.25) is 0 Å². The highest BCUT2D eigenvalue weighted by atomic mass is 16.3. The molecule has 228 valence electrons. The van der Waals surface area contributed by atoms with Crippen molar-refractivity contribution < 1.29 is 42.8 Å². The molecule has 10 rings (SSSR count). The lowest BCUT2D eigenvalue weighted by Gasteiger charge is -2.13. The molecule has 49 heavy (non-hydrogen) atoms. The van der Waals surface area contributed by atoms with Crippen LogP contribution in [0.4, 0.5) is 0 Å². The number of hydrogen-bond donors (Lipinski definition) is 0. The van der Waals surface area contributed by atoms with Crippen molar-refractivity contribution in [3.05, 3.63) is 169 Å². The van der Waals surface area contributed by atoms with E-state index in [-0.39, 0.29) is 0 Å². The van der Waals surface area contributed by atoms with E-state index in [0.29, 0.717) is 0 Å². The van der Waals surface area contributed by atoms with Gasteiger partial charge in [0.15, 0.2) is 0 Å². The molecule has 0 unspecified atom stereocenters. The van der Waals surface area contributed by atoms with Crippen molar-refractivity contribution in [2.75, 3.05) is 0 Å². The number of fused-ring (bicyclic) bond motifs is 6. The van der Waals surface area contributed by atoms with Crippen LogP contribution in [0.3, 0.4) is 0 Å². The van der Waals surface area contributed by atoms with Crippen molar-refractivity contribution in [1.29, 1.82) is 0 Å². The number of aromatic nitrogens is 2. The van der Waals surface area contributed by atoms with Crippen molar-refractivity contribution in [2.45, 2.75) is 0 Å². The predicted molar refractivity (Wildman–Crippen MR) is 204 cm³/mol. The van der Waals surface area contributed by atoms with Crippen LogP contribution in [-0.4, -0.2) is 9.97 Å². The molecule has 0 amide bonds. The van der Waals surface area contributed by atoms with Gasteiger partial charge in [0.2, 0.25) is 0 Å². The molecule has 0 radical (unpaired) electrons. The Morgan fingerprint density at radius 3 is 1.76 bits per heavy atom.